The van der Waals surface area contributed by atoms with Crippen LogP contribution >= 0.6 is 11.8 Å². The van der Waals surface area contributed by atoms with Gasteiger partial charge < -0.3 is 19.1 Å². The number of nitrogens with zero attached hydrogens (tertiary/aromatic N) is 4. The minimum Gasteiger partial charge on any atom is -0.490 e. The van der Waals surface area contributed by atoms with Crippen LogP contribution in [0.3, 0.4) is 0 Å². The average Bonchev–Trinajstić information content (AvgIpc) is 3.33. The van der Waals surface area contributed by atoms with Crippen LogP contribution < -0.4 is 9.47 Å². The number of aliphatic imine (C=N–C) groups is 1. The summed E-state index contributed by atoms with van der Waals surface area (Å²) >= 11 is 1.27. The number of hydrogen-bond acceptors (Lipinski definition) is 9. The zero-order valence-electron chi connectivity index (χ0n) is 24.4. The molecule has 0 unspecified atom stereocenters. The summed E-state index contributed by atoms with van der Waals surface area (Å²) in [5, 5.41) is 11.4. The van der Waals surface area contributed by atoms with Crippen LogP contribution in [0.1, 0.15) is 35.3 Å². The number of non-ortho nitro benzene ring substituents is 1. The first-order valence-electron chi connectivity index (χ1n) is 14.3. The van der Waals surface area contributed by atoms with Gasteiger partial charge >= 0.3 is 0 Å². The summed E-state index contributed by atoms with van der Waals surface area (Å²) in [6.45, 7) is 6.97. The number of rotatable bonds is 10. The fraction of sp³-hybridized carbons (Fsp3) is 0.281. The Labute approximate surface area is 259 Å². The molecule has 2 fully saturated rings. The lowest BCUT2D eigenvalue weighted by Crippen LogP contribution is -2.40. The maximum absolute atomic E-state index is 13.3. The van der Waals surface area contributed by atoms with Crippen molar-refractivity contribution in [1.82, 2.24) is 9.80 Å². The third kappa shape index (κ3) is 7.26. The Morgan fingerprint density at radius 3 is 2.52 bits per heavy atom. The molecule has 2 saturated heterocycles. The minimum absolute atomic E-state index is 0.0164. The van der Waals surface area contributed by atoms with Gasteiger partial charge in [0.2, 0.25) is 0 Å². The van der Waals surface area contributed by atoms with Gasteiger partial charge in [-0.3, -0.25) is 24.6 Å². The highest BCUT2D eigenvalue weighted by atomic mass is 32.2. The van der Waals surface area contributed by atoms with Gasteiger partial charge in [-0.1, -0.05) is 12.1 Å². The standard InChI is InChI=1S/C32H32N4O7S/c1-3-35-31(38)29(44-32(35)33-25-7-5-6-24(20-25)30(37)34-14-16-41-17-15-34)19-23-10-13-27(28(18-23)42-4-2)43-21-22-8-11-26(12-9-22)36(39)40/h5-13,18-20H,3-4,14-17,21H2,1-2H3/b29-19+,33-32?. The van der Waals surface area contributed by atoms with Crippen LogP contribution in [0.15, 0.2) is 76.6 Å². The molecule has 0 aromatic heterocycles. The lowest BCUT2D eigenvalue weighted by atomic mass is 10.1. The first-order chi connectivity index (χ1) is 21.4. The molecule has 228 valence electrons. The molecule has 0 atom stereocenters. The smallest absolute Gasteiger partial charge is 0.269 e. The highest BCUT2D eigenvalue weighted by Crippen LogP contribution is 2.36. The highest BCUT2D eigenvalue weighted by Gasteiger charge is 2.32. The Hall–Kier alpha value is -4.68. The lowest BCUT2D eigenvalue weighted by molar-refractivity contribution is -0.384. The molecule has 5 rings (SSSR count). The molecule has 11 nitrogen and oxygen atoms in total. The van der Waals surface area contributed by atoms with Crippen LogP contribution in [0.25, 0.3) is 6.08 Å². The molecule has 0 radical (unpaired) electrons. The monoisotopic (exact) mass is 616 g/mol. The summed E-state index contributed by atoms with van der Waals surface area (Å²) in [5.74, 6) is 0.806. The molecule has 2 aliphatic rings. The lowest BCUT2D eigenvalue weighted by Gasteiger charge is -2.26. The second-order valence-corrected chi connectivity index (χ2v) is 10.9. The van der Waals surface area contributed by atoms with E-state index >= 15 is 0 Å². The van der Waals surface area contributed by atoms with Gasteiger partial charge in [0, 0.05) is 37.3 Å². The topological polar surface area (TPSA) is 124 Å². The van der Waals surface area contributed by atoms with Gasteiger partial charge in [0.25, 0.3) is 17.5 Å². The minimum atomic E-state index is -0.444. The molecular weight excluding hydrogens is 584 g/mol. The van der Waals surface area contributed by atoms with Crippen LogP contribution in [-0.2, 0) is 16.1 Å². The number of carbonyl (C=O) groups is 2. The van der Waals surface area contributed by atoms with Crippen LogP contribution in [0.2, 0.25) is 0 Å². The molecule has 3 aromatic carbocycles. The predicted molar refractivity (Wildman–Crippen MR) is 168 cm³/mol. The van der Waals surface area contributed by atoms with Crippen molar-refractivity contribution in [2.45, 2.75) is 20.5 Å². The maximum Gasteiger partial charge on any atom is 0.269 e. The molecule has 2 amide bonds. The van der Waals surface area contributed by atoms with Gasteiger partial charge in [-0.2, -0.15) is 0 Å². The van der Waals surface area contributed by atoms with Crippen molar-refractivity contribution in [3.63, 3.8) is 0 Å². The van der Waals surface area contributed by atoms with E-state index in [1.54, 1.807) is 52.3 Å². The Balaban J connectivity index is 1.33. The Kier molecular flexibility index (Phi) is 9.93. The van der Waals surface area contributed by atoms with E-state index < -0.39 is 4.92 Å². The normalized spacial score (nSPS) is 16.9. The van der Waals surface area contributed by atoms with Crippen molar-refractivity contribution in [2.24, 2.45) is 4.99 Å². The molecule has 2 aliphatic heterocycles. The van der Waals surface area contributed by atoms with Gasteiger partial charge in [-0.25, -0.2) is 4.99 Å². The summed E-state index contributed by atoms with van der Waals surface area (Å²) in [5.41, 5.74) is 2.68. The molecule has 0 aliphatic carbocycles. The molecule has 0 N–H and O–H groups in total. The van der Waals surface area contributed by atoms with E-state index in [1.165, 1.54) is 23.9 Å². The van der Waals surface area contributed by atoms with Gasteiger partial charge in [0.1, 0.15) is 6.61 Å². The van der Waals surface area contributed by atoms with Crippen molar-refractivity contribution in [2.75, 3.05) is 39.5 Å². The fourth-order valence-electron chi connectivity index (χ4n) is 4.67. The van der Waals surface area contributed by atoms with Gasteiger partial charge in [0.15, 0.2) is 16.7 Å². The van der Waals surface area contributed by atoms with E-state index in [0.717, 1.165) is 11.1 Å². The molecular formula is C32H32N4O7S. The van der Waals surface area contributed by atoms with Crippen molar-refractivity contribution in [3.05, 3.63) is 98.4 Å². The van der Waals surface area contributed by atoms with Crippen molar-refractivity contribution in [3.8, 4) is 11.5 Å². The van der Waals surface area contributed by atoms with E-state index in [0.29, 0.717) is 72.3 Å². The largest absolute Gasteiger partial charge is 0.490 e. The SMILES string of the molecule is CCOc1cc(/C=C2/SC(=Nc3cccc(C(=O)N4CCOCC4)c3)N(CC)C2=O)ccc1OCc1ccc([N+](=O)[O-])cc1. The van der Waals surface area contributed by atoms with E-state index in [9.17, 15) is 19.7 Å². The first-order valence-corrected chi connectivity index (χ1v) is 15.1. The highest BCUT2D eigenvalue weighted by molar-refractivity contribution is 8.18. The summed E-state index contributed by atoms with van der Waals surface area (Å²) in [6, 6.07) is 18.7. The van der Waals surface area contributed by atoms with E-state index in [2.05, 4.69) is 0 Å². The Bertz CT molecular complexity index is 1600. The second-order valence-electron chi connectivity index (χ2n) is 9.86. The van der Waals surface area contributed by atoms with Gasteiger partial charge in [-0.05, 0) is 85.3 Å². The number of ether oxygens (including phenoxy) is 3. The van der Waals surface area contributed by atoms with Crippen LogP contribution in [-0.4, -0.2) is 71.2 Å². The number of thioether (sulfide) groups is 1. The number of nitro groups is 1. The average molecular weight is 617 g/mol. The van der Waals surface area contributed by atoms with Crippen molar-refractivity contribution >= 4 is 46.2 Å². The fourth-order valence-corrected chi connectivity index (χ4v) is 5.73. The Morgan fingerprint density at radius 2 is 1.82 bits per heavy atom. The third-order valence-corrected chi connectivity index (χ3v) is 7.93. The molecule has 0 saturated carbocycles. The van der Waals surface area contributed by atoms with Gasteiger partial charge in [0.05, 0.1) is 35.3 Å². The number of amides is 2. The zero-order chi connectivity index (χ0) is 31.1. The number of amidine groups is 1. The van der Waals surface area contributed by atoms with Crippen LogP contribution in [0.5, 0.6) is 11.5 Å². The molecule has 0 bridgehead atoms. The van der Waals surface area contributed by atoms with E-state index in [-0.39, 0.29) is 24.1 Å². The molecule has 12 heteroatoms. The number of morpholine rings is 1. The zero-order valence-corrected chi connectivity index (χ0v) is 25.2. The molecule has 3 aromatic rings. The van der Waals surface area contributed by atoms with Crippen LogP contribution in [0, 0.1) is 10.1 Å². The van der Waals surface area contributed by atoms with Crippen LogP contribution in [0.4, 0.5) is 11.4 Å². The number of likely N-dealkylation sites (N-methyl/N-ethyl adjacent to an activating group) is 1. The van der Waals surface area contributed by atoms with Crippen molar-refractivity contribution < 1.29 is 28.7 Å². The number of benzene rings is 3. The predicted octanol–water partition coefficient (Wildman–Crippen LogP) is 5.67. The molecule has 0 spiro atoms. The summed E-state index contributed by atoms with van der Waals surface area (Å²) in [6.07, 6.45) is 1.79. The quantitative estimate of drug-likeness (QED) is 0.162. The Morgan fingerprint density at radius 1 is 1.05 bits per heavy atom. The maximum atomic E-state index is 13.3. The second kappa shape index (κ2) is 14.2. The van der Waals surface area contributed by atoms with Crippen molar-refractivity contribution in [1.29, 1.82) is 0 Å². The first kappa shape index (κ1) is 30.8. The summed E-state index contributed by atoms with van der Waals surface area (Å²) < 4.78 is 17.1. The molecule has 44 heavy (non-hydrogen) atoms. The summed E-state index contributed by atoms with van der Waals surface area (Å²) in [7, 11) is 0. The number of carbonyl (C=O) groups excluding carboxylic acids is 2. The number of hydrogen-bond donors (Lipinski definition) is 0. The van der Waals surface area contributed by atoms with E-state index in [4.69, 9.17) is 19.2 Å². The van der Waals surface area contributed by atoms with E-state index in [1.807, 2.05) is 32.0 Å². The third-order valence-electron chi connectivity index (χ3n) is 6.93. The summed E-state index contributed by atoms with van der Waals surface area (Å²) in [4.78, 5) is 45.4. The number of nitro benzene ring substituents is 1. The van der Waals surface area contributed by atoms with Gasteiger partial charge in [-0.15, -0.1) is 0 Å². The molecule has 2 heterocycles.